The van der Waals surface area contributed by atoms with E-state index in [9.17, 15) is 9.59 Å². The highest BCUT2D eigenvalue weighted by atomic mass is 28.4. The summed E-state index contributed by atoms with van der Waals surface area (Å²) in [5.41, 5.74) is 2.55. The molecule has 7 nitrogen and oxygen atoms in total. The van der Waals surface area contributed by atoms with Crippen LogP contribution in [-0.2, 0) is 4.43 Å². The molecule has 1 amide bonds. The molecule has 0 radical (unpaired) electrons. The third-order valence-corrected chi connectivity index (χ3v) is 11.7. The van der Waals surface area contributed by atoms with Gasteiger partial charge in [-0.2, -0.15) is 4.39 Å². The number of halogens is 1. The molecule has 0 saturated carbocycles. The average Bonchev–Trinajstić information content (AvgIpc) is 2.87. The Morgan fingerprint density at radius 1 is 0.974 bits per heavy atom. The van der Waals surface area contributed by atoms with E-state index < -0.39 is 26.2 Å². The van der Waals surface area contributed by atoms with Crippen molar-refractivity contribution in [3.63, 3.8) is 0 Å². The zero-order valence-corrected chi connectivity index (χ0v) is 25.1. The van der Waals surface area contributed by atoms with Crippen LogP contribution < -0.4 is 14.8 Å². The van der Waals surface area contributed by atoms with Crippen molar-refractivity contribution in [1.82, 2.24) is 4.98 Å². The van der Waals surface area contributed by atoms with E-state index in [1.54, 1.807) is 43.3 Å². The number of anilines is 1. The normalized spacial score (nSPS) is 12.6. The molecule has 3 rings (SSSR count). The zero-order valence-electron chi connectivity index (χ0n) is 24.1. The van der Waals surface area contributed by atoms with E-state index in [0.717, 1.165) is 5.56 Å². The summed E-state index contributed by atoms with van der Waals surface area (Å²) in [5, 5.41) is 2.77. The van der Waals surface area contributed by atoms with Gasteiger partial charge in [-0.25, -0.2) is 4.98 Å². The van der Waals surface area contributed by atoms with Crippen LogP contribution in [0, 0.1) is 12.9 Å². The molecule has 0 aliphatic carbocycles. The second-order valence-electron chi connectivity index (χ2n) is 11.0. The Labute approximate surface area is 230 Å². The van der Waals surface area contributed by atoms with Gasteiger partial charge in [-0.1, -0.05) is 26.8 Å². The lowest BCUT2D eigenvalue weighted by molar-refractivity contribution is 0.0790. The fourth-order valence-corrected chi connectivity index (χ4v) is 5.12. The molecule has 3 aromatic rings. The number of benzene rings is 2. The van der Waals surface area contributed by atoms with Gasteiger partial charge < -0.3 is 19.2 Å². The number of carbonyl (C=O) groups excluding carboxylic acids is 2. The van der Waals surface area contributed by atoms with Gasteiger partial charge >= 0.3 is 0 Å². The molecule has 1 aromatic heterocycles. The number of carbonyl (C=O) groups is 2. The van der Waals surface area contributed by atoms with Gasteiger partial charge in [-0.05, 0) is 73.9 Å². The lowest BCUT2D eigenvalue weighted by Crippen LogP contribution is -2.45. The van der Waals surface area contributed by atoms with E-state index in [2.05, 4.69) is 31.1 Å². The first kappa shape index (κ1) is 30.0. The zero-order chi connectivity index (χ0) is 29.1. The molecule has 9 heteroatoms. The molecule has 0 bridgehead atoms. The van der Waals surface area contributed by atoms with Crippen molar-refractivity contribution in [2.45, 2.75) is 58.9 Å². The molecule has 1 N–H and O–H groups in total. The van der Waals surface area contributed by atoms with Crippen molar-refractivity contribution >= 4 is 25.7 Å². The first-order chi connectivity index (χ1) is 18.2. The first-order valence-electron chi connectivity index (χ1n) is 12.7. The second kappa shape index (κ2) is 11.7. The van der Waals surface area contributed by atoms with E-state index in [1.807, 2.05) is 26.1 Å². The van der Waals surface area contributed by atoms with Crippen LogP contribution in [0.5, 0.6) is 11.5 Å². The Balaban J connectivity index is 1.85. The van der Waals surface area contributed by atoms with Crippen LogP contribution in [-0.4, -0.2) is 45.3 Å². The van der Waals surface area contributed by atoms with Crippen molar-refractivity contribution in [3.05, 3.63) is 71.2 Å². The lowest BCUT2D eigenvalue weighted by Gasteiger charge is -2.38. The van der Waals surface area contributed by atoms with Gasteiger partial charge in [0.25, 0.3) is 5.91 Å². The maximum atomic E-state index is 15.2. The van der Waals surface area contributed by atoms with Crippen LogP contribution in [0.15, 0.2) is 48.5 Å². The summed E-state index contributed by atoms with van der Waals surface area (Å²) in [6.45, 7) is 13.9. The quantitative estimate of drug-likeness (QED) is 0.174. The molecule has 0 aliphatic rings. The predicted molar refractivity (Wildman–Crippen MR) is 154 cm³/mol. The summed E-state index contributed by atoms with van der Waals surface area (Å²) in [6.07, 6.45) is -0.788. The number of rotatable bonds is 9. The number of hydrogen-bond donors (Lipinski definition) is 1. The van der Waals surface area contributed by atoms with Crippen molar-refractivity contribution in [3.8, 4) is 22.8 Å². The van der Waals surface area contributed by atoms with Crippen LogP contribution in [0.25, 0.3) is 11.3 Å². The van der Waals surface area contributed by atoms with Gasteiger partial charge in [0.1, 0.15) is 17.6 Å². The first-order valence-corrected chi connectivity index (χ1v) is 15.6. The number of Topliss-reactive ketones (excluding diaryl/α,β-unsaturated/α-hetero) is 1. The summed E-state index contributed by atoms with van der Waals surface area (Å²) >= 11 is 0. The van der Waals surface area contributed by atoms with Gasteiger partial charge in [0.15, 0.2) is 14.1 Å². The molecular formula is C30H37FN2O5Si. The topological polar surface area (TPSA) is 86.8 Å². The molecule has 0 unspecified atom stereocenters. The van der Waals surface area contributed by atoms with E-state index in [4.69, 9.17) is 13.9 Å². The third kappa shape index (κ3) is 6.91. The molecule has 208 valence electrons. The molecule has 0 saturated heterocycles. The van der Waals surface area contributed by atoms with E-state index >= 15 is 4.39 Å². The summed E-state index contributed by atoms with van der Waals surface area (Å²) in [5.74, 6) is -0.689. The minimum atomic E-state index is -2.22. The van der Waals surface area contributed by atoms with Crippen LogP contribution in [0.3, 0.4) is 0 Å². The summed E-state index contributed by atoms with van der Waals surface area (Å²) in [6, 6.07) is 13.2. The Bertz CT molecular complexity index is 1360. The minimum Gasteiger partial charge on any atom is -0.497 e. The van der Waals surface area contributed by atoms with Crippen molar-refractivity contribution in [2.75, 3.05) is 19.5 Å². The molecule has 1 heterocycles. The second-order valence-corrected chi connectivity index (χ2v) is 15.8. The Morgan fingerprint density at radius 2 is 1.59 bits per heavy atom. The summed E-state index contributed by atoms with van der Waals surface area (Å²) < 4.78 is 31.8. The number of hydrogen-bond acceptors (Lipinski definition) is 6. The van der Waals surface area contributed by atoms with Crippen LogP contribution in [0.4, 0.5) is 10.1 Å². The molecule has 1 atom stereocenters. The number of aromatic nitrogens is 1. The highest BCUT2D eigenvalue weighted by Crippen LogP contribution is 2.37. The number of ether oxygens (including phenoxy) is 2. The average molecular weight is 553 g/mol. The highest BCUT2D eigenvalue weighted by Gasteiger charge is 2.40. The van der Waals surface area contributed by atoms with Gasteiger partial charge in [-0.15, -0.1) is 0 Å². The molecule has 0 fully saturated rings. The third-order valence-electron chi connectivity index (χ3n) is 7.15. The summed E-state index contributed by atoms with van der Waals surface area (Å²) in [7, 11) is 0.800. The van der Waals surface area contributed by atoms with Crippen molar-refractivity contribution < 1.29 is 27.9 Å². The minimum absolute atomic E-state index is 0.0845. The van der Waals surface area contributed by atoms with E-state index in [-0.39, 0.29) is 16.5 Å². The summed E-state index contributed by atoms with van der Waals surface area (Å²) in [4.78, 5) is 30.1. The fourth-order valence-electron chi connectivity index (χ4n) is 3.78. The maximum absolute atomic E-state index is 15.2. The highest BCUT2D eigenvalue weighted by molar-refractivity contribution is 6.74. The predicted octanol–water partition coefficient (Wildman–Crippen LogP) is 7.06. The maximum Gasteiger partial charge on any atom is 0.255 e. The monoisotopic (exact) mass is 552 g/mol. The Morgan fingerprint density at radius 3 is 2.13 bits per heavy atom. The number of ketones is 1. The van der Waals surface area contributed by atoms with Gasteiger partial charge in [0.2, 0.25) is 5.95 Å². The number of nitrogens with one attached hydrogen (secondary N) is 1. The number of methoxy groups -OCH3 is 2. The van der Waals surface area contributed by atoms with E-state index in [1.165, 1.54) is 20.3 Å². The van der Waals surface area contributed by atoms with Crippen LogP contribution in [0.2, 0.25) is 18.1 Å². The largest absolute Gasteiger partial charge is 0.497 e. The lowest BCUT2D eigenvalue weighted by atomic mass is 10.0. The van der Waals surface area contributed by atoms with E-state index in [0.29, 0.717) is 34.0 Å². The van der Waals surface area contributed by atoms with Crippen LogP contribution >= 0.6 is 0 Å². The Kier molecular flexibility index (Phi) is 8.97. The number of aryl methyl sites for hydroxylation is 1. The van der Waals surface area contributed by atoms with Crippen LogP contribution in [0.1, 0.15) is 54.0 Å². The number of amides is 1. The number of pyridine rings is 1. The molecule has 39 heavy (non-hydrogen) atoms. The van der Waals surface area contributed by atoms with Gasteiger partial charge in [0, 0.05) is 22.9 Å². The standard InChI is InChI=1S/C30H37FN2O5Si/c1-18-10-11-21(32-29(35)20-14-22(36-6)17-23(15-20)37-7)16-25(18)26-13-12-24(28(31)33-26)27(34)19(2)38-39(8,9)30(3,4)5/h10-17,19H,1-9H3,(H,32,35)/t19-/m1/s1. The molecule has 2 aromatic carbocycles. The molecule has 0 aliphatic heterocycles. The van der Waals surface area contributed by atoms with Crippen molar-refractivity contribution in [1.29, 1.82) is 0 Å². The Hall–Kier alpha value is -3.56. The van der Waals surface area contributed by atoms with Crippen molar-refractivity contribution in [2.24, 2.45) is 0 Å². The van der Waals surface area contributed by atoms with Gasteiger partial charge in [-0.3, -0.25) is 9.59 Å². The molecule has 0 spiro atoms. The SMILES string of the molecule is COc1cc(OC)cc(C(=O)Nc2ccc(C)c(-c3ccc(C(=O)[C@@H](C)O[Si](C)(C)C(C)(C)C)c(F)n3)c2)c1. The fraction of sp³-hybridized carbons (Fsp3) is 0.367. The van der Waals surface area contributed by atoms with Gasteiger partial charge in [0.05, 0.1) is 25.5 Å². The number of nitrogens with zero attached hydrogens (tertiary/aromatic N) is 1. The molecular weight excluding hydrogens is 515 g/mol. The smallest absolute Gasteiger partial charge is 0.255 e.